The van der Waals surface area contributed by atoms with Gasteiger partial charge < -0.3 is 19.8 Å². The molecule has 6 nitrogen and oxygen atoms in total. The van der Waals surface area contributed by atoms with Crippen LogP contribution in [0, 0.1) is 5.92 Å². The van der Waals surface area contributed by atoms with Crippen LogP contribution in [0.1, 0.15) is 30.8 Å². The quantitative estimate of drug-likeness (QED) is 0.810. The summed E-state index contributed by atoms with van der Waals surface area (Å²) in [5, 5.41) is 0. The summed E-state index contributed by atoms with van der Waals surface area (Å²) in [6, 6.07) is 0.553. The molecule has 1 aromatic heterocycles. The van der Waals surface area contributed by atoms with Crippen LogP contribution >= 0.6 is 0 Å². The molecule has 0 spiro atoms. The predicted octanol–water partition coefficient (Wildman–Crippen LogP) is 1.02. The Balaban J connectivity index is 2.04. The fourth-order valence-electron chi connectivity index (χ4n) is 1.98. The maximum Gasteiger partial charge on any atom is 0.360 e. The molecular weight excluding hydrogens is 234 g/mol. The van der Waals surface area contributed by atoms with E-state index in [-0.39, 0.29) is 11.7 Å². The van der Waals surface area contributed by atoms with E-state index in [0.29, 0.717) is 25.1 Å². The molecule has 6 heteroatoms. The van der Waals surface area contributed by atoms with Crippen molar-refractivity contribution in [1.29, 1.82) is 0 Å². The highest BCUT2D eigenvalue weighted by Gasteiger charge is 2.26. The molecule has 1 fully saturated rings. The number of oxazole rings is 1. The van der Waals surface area contributed by atoms with E-state index in [2.05, 4.69) is 11.9 Å². The number of hydrogen-bond acceptors (Lipinski definition) is 6. The Hall–Kier alpha value is -1.56. The smallest absolute Gasteiger partial charge is 0.360 e. The van der Waals surface area contributed by atoms with E-state index < -0.39 is 5.97 Å². The Morgan fingerprint density at radius 2 is 2.50 bits per heavy atom. The van der Waals surface area contributed by atoms with E-state index in [1.54, 1.807) is 6.92 Å². The Kier molecular flexibility index (Phi) is 3.86. The first-order valence-electron chi connectivity index (χ1n) is 6.25. The number of nitrogens with two attached hydrogens (primary N) is 1. The lowest BCUT2D eigenvalue weighted by atomic mass is 9.95. The van der Waals surface area contributed by atoms with Crippen LogP contribution in [-0.4, -0.2) is 36.7 Å². The molecule has 1 saturated heterocycles. The molecule has 100 valence electrons. The molecule has 2 atom stereocenters. The highest BCUT2D eigenvalue weighted by molar-refractivity contribution is 5.87. The molecule has 2 rings (SSSR count). The normalized spacial score (nSPS) is 24.1. The van der Waals surface area contributed by atoms with Crippen molar-refractivity contribution in [3.05, 3.63) is 12.0 Å². The minimum atomic E-state index is -0.456. The van der Waals surface area contributed by atoms with Crippen LogP contribution in [0.2, 0.25) is 0 Å². The van der Waals surface area contributed by atoms with Gasteiger partial charge in [0.1, 0.15) is 6.26 Å². The van der Waals surface area contributed by atoms with Crippen molar-refractivity contribution in [3.8, 4) is 0 Å². The number of nitrogens with zero attached hydrogens (tertiary/aromatic N) is 2. The molecule has 1 aliphatic rings. The van der Waals surface area contributed by atoms with Crippen molar-refractivity contribution in [2.24, 2.45) is 11.7 Å². The van der Waals surface area contributed by atoms with Crippen LogP contribution in [0.25, 0.3) is 0 Å². The standard InChI is InChI=1S/C12H19N3O3/c1-3-17-11(16)10-7-18-12(14-10)15-5-4-8(2)9(13)6-15/h7-9H,3-6,13H2,1-2H3. The number of hydrogen-bond donors (Lipinski definition) is 1. The van der Waals surface area contributed by atoms with E-state index in [1.165, 1.54) is 6.26 Å². The molecular formula is C12H19N3O3. The fraction of sp³-hybridized carbons (Fsp3) is 0.667. The number of piperidine rings is 1. The highest BCUT2D eigenvalue weighted by atomic mass is 16.5. The Bertz CT molecular complexity index is 418. The van der Waals surface area contributed by atoms with Gasteiger partial charge in [-0.05, 0) is 19.3 Å². The van der Waals surface area contributed by atoms with E-state index in [0.717, 1.165) is 13.0 Å². The first kappa shape index (κ1) is 12.9. The summed E-state index contributed by atoms with van der Waals surface area (Å²) < 4.78 is 10.2. The Labute approximate surface area is 106 Å². The second-order valence-electron chi connectivity index (χ2n) is 4.61. The maximum atomic E-state index is 11.5. The summed E-state index contributed by atoms with van der Waals surface area (Å²) in [5.74, 6) is 0.0444. The molecule has 0 bridgehead atoms. The van der Waals surface area contributed by atoms with E-state index >= 15 is 0 Å². The molecule has 0 aliphatic carbocycles. The van der Waals surface area contributed by atoms with Crippen molar-refractivity contribution in [1.82, 2.24) is 4.98 Å². The lowest BCUT2D eigenvalue weighted by molar-refractivity contribution is 0.0519. The second kappa shape index (κ2) is 5.39. The zero-order valence-electron chi connectivity index (χ0n) is 10.8. The second-order valence-corrected chi connectivity index (χ2v) is 4.61. The van der Waals surface area contributed by atoms with Gasteiger partial charge in [-0.3, -0.25) is 0 Å². The van der Waals surface area contributed by atoms with Gasteiger partial charge in [0.05, 0.1) is 6.61 Å². The summed E-state index contributed by atoms with van der Waals surface area (Å²) in [4.78, 5) is 17.6. The van der Waals surface area contributed by atoms with Crippen molar-refractivity contribution >= 4 is 12.0 Å². The van der Waals surface area contributed by atoms with Crippen molar-refractivity contribution in [2.75, 3.05) is 24.6 Å². The van der Waals surface area contributed by atoms with Gasteiger partial charge in [0, 0.05) is 19.1 Å². The highest BCUT2D eigenvalue weighted by Crippen LogP contribution is 2.22. The number of carbonyl (C=O) groups is 1. The van der Waals surface area contributed by atoms with Gasteiger partial charge in [-0.2, -0.15) is 4.98 Å². The number of anilines is 1. The molecule has 0 saturated carbocycles. The van der Waals surface area contributed by atoms with Crippen LogP contribution in [0.3, 0.4) is 0 Å². The molecule has 2 unspecified atom stereocenters. The van der Waals surface area contributed by atoms with E-state index in [1.807, 2.05) is 4.90 Å². The lowest BCUT2D eigenvalue weighted by Crippen LogP contribution is -2.47. The molecule has 0 aromatic carbocycles. The van der Waals surface area contributed by atoms with Gasteiger partial charge in [-0.15, -0.1) is 0 Å². The van der Waals surface area contributed by atoms with Gasteiger partial charge in [0.15, 0.2) is 5.69 Å². The summed E-state index contributed by atoms with van der Waals surface area (Å²) in [6.45, 7) is 5.76. The maximum absolute atomic E-state index is 11.5. The van der Waals surface area contributed by atoms with Gasteiger partial charge >= 0.3 is 5.97 Å². The minimum Gasteiger partial charge on any atom is -0.461 e. The molecule has 0 amide bonds. The zero-order chi connectivity index (χ0) is 13.1. The zero-order valence-corrected chi connectivity index (χ0v) is 10.8. The summed E-state index contributed by atoms with van der Waals surface area (Å²) in [5.41, 5.74) is 6.22. The SMILES string of the molecule is CCOC(=O)c1coc(N2CCC(C)C(N)C2)n1. The average molecular weight is 253 g/mol. The topological polar surface area (TPSA) is 81.6 Å². The number of ether oxygens (including phenoxy) is 1. The minimum absolute atomic E-state index is 0.108. The number of rotatable bonds is 3. The molecule has 18 heavy (non-hydrogen) atoms. The monoisotopic (exact) mass is 253 g/mol. The van der Waals surface area contributed by atoms with E-state index in [9.17, 15) is 4.79 Å². The molecule has 1 aliphatic heterocycles. The number of esters is 1. The lowest BCUT2D eigenvalue weighted by Gasteiger charge is -2.33. The molecule has 0 radical (unpaired) electrons. The first-order valence-corrected chi connectivity index (χ1v) is 6.25. The van der Waals surface area contributed by atoms with Gasteiger partial charge in [-0.1, -0.05) is 6.92 Å². The first-order chi connectivity index (χ1) is 8.61. The van der Waals surface area contributed by atoms with E-state index in [4.69, 9.17) is 14.9 Å². The van der Waals surface area contributed by atoms with Gasteiger partial charge in [-0.25, -0.2) is 4.79 Å². The van der Waals surface area contributed by atoms with Crippen molar-refractivity contribution < 1.29 is 13.9 Å². The molecule has 1 aromatic rings. The van der Waals surface area contributed by atoms with Crippen LogP contribution in [0.15, 0.2) is 10.7 Å². The number of carbonyl (C=O) groups excluding carboxylic acids is 1. The summed E-state index contributed by atoms with van der Waals surface area (Å²) >= 11 is 0. The molecule has 2 N–H and O–H groups in total. The predicted molar refractivity (Wildman–Crippen MR) is 66.4 cm³/mol. The summed E-state index contributed by atoms with van der Waals surface area (Å²) in [7, 11) is 0. The van der Waals surface area contributed by atoms with Crippen LogP contribution < -0.4 is 10.6 Å². The van der Waals surface area contributed by atoms with Gasteiger partial charge in [0.2, 0.25) is 0 Å². The third-order valence-electron chi connectivity index (χ3n) is 3.26. The third-order valence-corrected chi connectivity index (χ3v) is 3.26. The number of aromatic nitrogens is 1. The van der Waals surface area contributed by atoms with Crippen molar-refractivity contribution in [2.45, 2.75) is 26.3 Å². The Morgan fingerprint density at radius 3 is 3.17 bits per heavy atom. The van der Waals surface area contributed by atoms with Crippen LogP contribution in [0.4, 0.5) is 6.01 Å². The van der Waals surface area contributed by atoms with Crippen molar-refractivity contribution in [3.63, 3.8) is 0 Å². The Morgan fingerprint density at radius 1 is 1.72 bits per heavy atom. The molecule has 2 heterocycles. The van der Waals surface area contributed by atoms with Crippen LogP contribution in [0.5, 0.6) is 0 Å². The fourth-order valence-corrected chi connectivity index (χ4v) is 1.98. The van der Waals surface area contributed by atoms with Crippen LogP contribution in [-0.2, 0) is 4.74 Å². The third kappa shape index (κ3) is 2.64. The van der Waals surface area contributed by atoms with Gasteiger partial charge in [0.25, 0.3) is 6.01 Å². The average Bonchev–Trinajstić information content (AvgIpc) is 2.82. The largest absolute Gasteiger partial charge is 0.461 e. The summed E-state index contributed by atoms with van der Waals surface area (Å²) in [6.07, 6.45) is 2.33.